The summed E-state index contributed by atoms with van der Waals surface area (Å²) in [6, 6.07) is 6.70. The highest BCUT2D eigenvalue weighted by Gasteiger charge is 2.49. The van der Waals surface area contributed by atoms with Crippen LogP contribution in [-0.2, 0) is 14.8 Å². The van der Waals surface area contributed by atoms with Crippen molar-refractivity contribution in [3.8, 4) is 6.07 Å². The summed E-state index contributed by atoms with van der Waals surface area (Å²) in [7, 11) is -1.87. The zero-order chi connectivity index (χ0) is 20.4. The summed E-state index contributed by atoms with van der Waals surface area (Å²) in [5.41, 5.74) is -0.0403. The molecule has 0 saturated carbocycles. The lowest BCUT2D eigenvalue weighted by molar-refractivity contribution is -0.123. The van der Waals surface area contributed by atoms with Crippen molar-refractivity contribution in [2.75, 3.05) is 24.2 Å². The van der Waals surface area contributed by atoms with E-state index in [1.165, 1.54) is 11.9 Å². The monoisotopic (exact) mass is 428 g/mol. The van der Waals surface area contributed by atoms with Gasteiger partial charge >= 0.3 is 0 Å². The Hall–Kier alpha value is -1.73. The van der Waals surface area contributed by atoms with Crippen LogP contribution in [0, 0.1) is 11.3 Å². The Kier molecular flexibility index (Phi) is 6.47. The highest BCUT2D eigenvalue weighted by molar-refractivity contribution is 7.89. The van der Waals surface area contributed by atoms with Gasteiger partial charge in [0.05, 0.1) is 22.0 Å². The van der Waals surface area contributed by atoms with Gasteiger partial charge in [-0.25, -0.2) is 13.1 Å². The van der Waals surface area contributed by atoms with Crippen LogP contribution in [0.2, 0.25) is 5.02 Å². The van der Waals surface area contributed by atoms with E-state index in [1.54, 1.807) is 36.9 Å². The standard InChI is InChI=1S/C17H21ClN4O3S2/c1-17(2)15(23)22(13-7-6-12(11-19)14(18)10-13)16(26)21(17)8-4-5-9-27(24,25)20-3/h6-7,10,20H,4-5,8-9H2,1-3H3. The number of amides is 1. The van der Waals surface area contributed by atoms with Crippen LogP contribution in [0.1, 0.15) is 32.3 Å². The minimum atomic E-state index is -3.25. The number of hydrogen-bond acceptors (Lipinski definition) is 5. The van der Waals surface area contributed by atoms with Crippen molar-refractivity contribution in [1.82, 2.24) is 9.62 Å². The molecule has 0 spiro atoms. The van der Waals surface area contributed by atoms with Crippen LogP contribution in [0.25, 0.3) is 0 Å². The number of rotatable bonds is 7. The van der Waals surface area contributed by atoms with Crippen LogP contribution < -0.4 is 9.62 Å². The number of carbonyl (C=O) groups excluding carboxylic acids is 1. The molecule has 1 amide bonds. The maximum absolute atomic E-state index is 12.9. The second kappa shape index (κ2) is 8.10. The molecule has 7 nitrogen and oxygen atoms in total. The lowest BCUT2D eigenvalue weighted by Gasteiger charge is -2.29. The van der Waals surface area contributed by atoms with E-state index in [2.05, 4.69) is 4.72 Å². The second-order valence-corrected chi connectivity index (χ2v) is 9.46. The molecule has 0 aliphatic carbocycles. The van der Waals surface area contributed by atoms with Gasteiger partial charge in [-0.2, -0.15) is 5.26 Å². The quantitative estimate of drug-likeness (QED) is 0.528. The molecule has 1 aromatic rings. The Morgan fingerprint density at radius 3 is 2.56 bits per heavy atom. The molecule has 0 aromatic heterocycles. The van der Waals surface area contributed by atoms with Gasteiger partial charge in [0.25, 0.3) is 5.91 Å². The van der Waals surface area contributed by atoms with E-state index in [1.807, 2.05) is 6.07 Å². The normalized spacial score (nSPS) is 16.7. The topological polar surface area (TPSA) is 93.5 Å². The van der Waals surface area contributed by atoms with Crippen LogP contribution in [0.5, 0.6) is 0 Å². The molecule has 1 aliphatic rings. The van der Waals surface area contributed by atoms with Crippen molar-refractivity contribution >= 4 is 50.5 Å². The molecular formula is C17H21ClN4O3S2. The van der Waals surface area contributed by atoms with Crippen molar-refractivity contribution < 1.29 is 13.2 Å². The number of anilines is 1. The third kappa shape index (κ3) is 4.41. The summed E-state index contributed by atoms with van der Waals surface area (Å²) in [6.45, 7) is 4.01. The molecule has 0 bridgehead atoms. The number of nitrogens with zero attached hydrogens (tertiary/aromatic N) is 3. The summed E-state index contributed by atoms with van der Waals surface area (Å²) < 4.78 is 25.3. The number of unbranched alkanes of at least 4 members (excludes halogenated alkanes) is 1. The summed E-state index contributed by atoms with van der Waals surface area (Å²) in [6.07, 6.45) is 1.02. The molecule has 0 atom stereocenters. The van der Waals surface area contributed by atoms with Crippen LogP contribution in [0.15, 0.2) is 18.2 Å². The average molecular weight is 429 g/mol. The minimum Gasteiger partial charge on any atom is -0.334 e. The molecule has 0 unspecified atom stereocenters. The Bertz CT molecular complexity index is 909. The number of hydrogen-bond donors (Lipinski definition) is 1. The van der Waals surface area contributed by atoms with E-state index in [9.17, 15) is 13.2 Å². The fourth-order valence-corrected chi connectivity index (χ4v) is 4.35. The van der Waals surface area contributed by atoms with Gasteiger partial charge in [-0.05, 0) is 64.2 Å². The first kappa shape index (κ1) is 21.6. The van der Waals surface area contributed by atoms with Gasteiger partial charge in [-0.1, -0.05) is 11.6 Å². The van der Waals surface area contributed by atoms with Gasteiger partial charge < -0.3 is 4.90 Å². The fourth-order valence-electron chi connectivity index (χ4n) is 2.84. The van der Waals surface area contributed by atoms with Gasteiger partial charge in [-0.15, -0.1) is 0 Å². The Labute approximate surface area is 169 Å². The van der Waals surface area contributed by atoms with Crippen LogP contribution in [0.4, 0.5) is 5.69 Å². The van der Waals surface area contributed by atoms with Crippen molar-refractivity contribution in [1.29, 1.82) is 5.26 Å². The molecule has 2 rings (SSSR count). The lowest BCUT2D eigenvalue weighted by Crippen LogP contribution is -2.44. The third-order valence-corrected chi connectivity index (χ3v) is 6.67. The molecule has 1 N–H and O–H groups in total. The predicted molar refractivity (Wildman–Crippen MR) is 109 cm³/mol. The molecule has 1 aromatic carbocycles. The SMILES string of the molecule is CNS(=O)(=O)CCCCN1C(=S)N(c2ccc(C#N)c(Cl)c2)C(=O)C1(C)C. The summed E-state index contributed by atoms with van der Waals surface area (Å²) >= 11 is 11.6. The fraction of sp³-hybridized carbons (Fsp3) is 0.471. The van der Waals surface area contributed by atoms with Crippen LogP contribution in [0.3, 0.4) is 0 Å². The molecule has 146 valence electrons. The van der Waals surface area contributed by atoms with Gasteiger partial charge in [0, 0.05) is 6.54 Å². The molecular weight excluding hydrogens is 408 g/mol. The second-order valence-electron chi connectivity index (χ2n) is 6.64. The van der Waals surface area contributed by atoms with Gasteiger partial charge in [0.2, 0.25) is 10.0 Å². The van der Waals surface area contributed by atoms with Crippen molar-refractivity contribution in [3.63, 3.8) is 0 Å². The van der Waals surface area contributed by atoms with Gasteiger partial charge in [0.15, 0.2) is 5.11 Å². The number of carbonyl (C=O) groups is 1. The average Bonchev–Trinajstić information content (AvgIpc) is 2.77. The van der Waals surface area contributed by atoms with Gasteiger partial charge in [0.1, 0.15) is 11.6 Å². The molecule has 1 heterocycles. The zero-order valence-electron chi connectivity index (χ0n) is 15.3. The zero-order valence-corrected chi connectivity index (χ0v) is 17.7. The summed E-state index contributed by atoms with van der Waals surface area (Å²) in [4.78, 5) is 16.1. The molecule has 0 radical (unpaired) electrons. The largest absolute Gasteiger partial charge is 0.334 e. The van der Waals surface area contributed by atoms with E-state index in [0.717, 1.165) is 0 Å². The number of benzene rings is 1. The molecule has 1 fully saturated rings. The minimum absolute atomic E-state index is 0.0213. The maximum Gasteiger partial charge on any atom is 0.258 e. The van der Waals surface area contributed by atoms with Crippen molar-refractivity contribution in [2.24, 2.45) is 0 Å². The Morgan fingerprint density at radius 2 is 2.00 bits per heavy atom. The number of nitrogens with one attached hydrogen (secondary N) is 1. The number of halogens is 1. The van der Waals surface area contributed by atoms with E-state index in [4.69, 9.17) is 29.1 Å². The van der Waals surface area contributed by atoms with E-state index in [0.29, 0.717) is 35.7 Å². The van der Waals surface area contributed by atoms with Crippen LogP contribution in [-0.4, -0.2) is 49.2 Å². The summed E-state index contributed by atoms with van der Waals surface area (Å²) in [5, 5.41) is 9.59. The molecule has 1 saturated heterocycles. The summed E-state index contributed by atoms with van der Waals surface area (Å²) in [5.74, 6) is -0.177. The smallest absolute Gasteiger partial charge is 0.258 e. The first-order chi connectivity index (χ1) is 12.5. The van der Waals surface area contributed by atoms with Crippen LogP contribution >= 0.6 is 23.8 Å². The Morgan fingerprint density at radius 1 is 1.33 bits per heavy atom. The highest BCUT2D eigenvalue weighted by Crippen LogP contribution is 2.34. The van der Waals surface area contributed by atoms with Crippen molar-refractivity contribution in [2.45, 2.75) is 32.2 Å². The first-order valence-electron chi connectivity index (χ1n) is 8.32. The predicted octanol–water partition coefficient (Wildman–Crippen LogP) is 2.25. The number of nitriles is 1. The third-order valence-electron chi connectivity index (χ3n) is 4.51. The van der Waals surface area contributed by atoms with Crippen molar-refractivity contribution in [3.05, 3.63) is 28.8 Å². The molecule has 27 heavy (non-hydrogen) atoms. The van der Waals surface area contributed by atoms with Gasteiger partial charge in [-0.3, -0.25) is 9.69 Å². The number of sulfonamides is 1. The first-order valence-corrected chi connectivity index (χ1v) is 10.8. The van der Waals surface area contributed by atoms with E-state index < -0.39 is 15.6 Å². The van der Waals surface area contributed by atoms with E-state index >= 15 is 0 Å². The maximum atomic E-state index is 12.9. The van der Waals surface area contributed by atoms with E-state index in [-0.39, 0.29) is 16.7 Å². The number of thiocarbonyl (C=S) groups is 1. The molecule has 1 aliphatic heterocycles. The Balaban J connectivity index is 2.17. The molecule has 10 heteroatoms. The highest BCUT2D eigenvalue weighted by atomic mass is 35.5. The lowest BCUT2D eigenvalue weighted by atomic mass is 10.0.